The van der Waals surface area contributed by atoms with E-state index in [2.05, 4.69) is 10.6 Å². The molecule has 0 radical (unpaired) electrons. The molecule has 36 heavy (non-hydrogen) atoms. The van der Waals surface area contributed by atoms with E-state index in [-0.39, 0.29) is 16.6 Å². The van der Waals surface area contributed by atoms with Crippen molar-refractivity contribution in [2.75, 3.05) is 29.8 Å². The highest BCUT2D eigenvalue weighted by Gasteiger charge is 2.40. The third kappa shape index (κ3) is 4.86. The maximum atomic E-state index is 13.1. The van der Waals surface area contributed by atoms with Gasteiger partial charge in [0.15, 0.2) is 0 Å². The summed E-state index contributed by atoms with van der Waals surface area (Å²) in [4.78, 5) is 39.6. The van der Waals surface area contributed by atoms with Gasteiger partial charge in [-0.3, -0.25) is 14.4 Å². The summed E-state index contributed by atoms with van der Waals surface area (Å²) in [7, 11) is 2.94. The van der Waals surface area contributed by atoms with Crippen LogP contribution in [0.15, 0.2) is 71.4 Å². The van der Waals surface area contributed by atoms with E-state index < -0.39 is 11.8 Å². The number of nitrogens with one attached hydrogen (secondary N) is 2. The van der Waals surface area contributed by atoms with E-state index in [1.54, 1.807) is 54.6 Å². The summed E-state index contributed by atoms with van der Waals surface area (Å²) in [6.07, 6.45) is 0. The zero-order valence-electron chi connectivity index (χ0n) is 19.5. The first-order valence-corrected chi connectivity index (χ1v) is 11.4. The number of amides is 3. The van der Waals surface area contributed by atoms with Crippen molar-refractivity contribution in [1.29, 1.82) is 0 Å². The molecule has 1 heterocycles. The molecule has 0 saturated heterocycles. The van der Waals surface area contributed by atoms with Gasteiger partial charge in [-0.25, -0.2) is 4.90 Å². The lowest BCUT2D eigenvalue weighted by atomic mass is 10.1. The van der Waals surface area contributed by atoms with Crippen molar-refractivity contribution in [3.8, 4) is 11.5 Å². The quantitative estimate of drug-likeness (QED) is 0.403. The highest BCUT2D eigenvalue weighted by Crippen LogP contribution is 2.36. The number of nitrogens with zero attached hydrogens (tertiary/aromatic N) is 1. The lowest BCUT2D eigenvalue weighted by Gasteiger charge is -2.18. The SMILES string of the molecule is COc1ccc(Cl)cc1NC(=O)c1ccc(NC2=C(Cl)C(=O)N(c3cc(C)ccc3OC)C2=O)cc1. The number of methoxy groups -OCH3 is 2. The third-order valence-corrected chi connectivity index (χ3v) is 6.01. The van der Waals surface area contributed by atoms with E-state index >= 15 is 0 Å². The first-order chi connectivity index (χ1) is 17.2. The molecule has 0 aromatic heterocycles. The largest absolute Gasteiger partial charge is 0.495 e. The minimum Gasteiger partial charge on any atom is -0.495 e. The molecular weight excluding hydrogens is 505 g/mol. The van der Waals surface area contributed by atoms with Gasteiger partial charge < -0.3 is 20.1 Å². The van der Waals surface area contributed by atoms with Crippen LogP contribution in [0.4, 0.5) is 17.1 Å². The molecule has 0 saturated carbocycles. The number of carbonyl (C=O) groups excluding carboxylic acids is 3. The number of imide groups is 1. The van der Waals surface area contributed by atoms with Crippen molar-refractivity contribution in [3.05, 3.63) is 87.5 Å². The van der Waals surface area contributed by atoms with E-state index in [4.69, 9.17) is 32.7 Å². The Morgan fingerprint density at radius 2 is 1.53 bits per heavy atom. The summed E-state index contributed by atoms with van der Waals surface area (Å²) < 4.78 is 10.6. The van der Waals surface area contributed by atoms with Crippen LogP contribution >= 0.6 is 23.2 Å². The summed E-state index contributed by atoms with van der Waals surface area (Å²) >= 11 is 12.3. The maximum Gasteiger partial charge on any atom is 0.283 e. The molecule has 3 amide bonds. The van der Waals surface area contributed by atoms with Crippen molar-refractivity contribution in [1.82, 2.24) is 0 Å². The van der Waals surface area contributed by atoms with E-state index in [0.717, 1.165) is 10.5 Å². The van der Waals surface area contributed by atoms with E-state index in [1.807, 2.05) is 13.0 Å². The minimum absolute atomic E-state index is 0.0777. The van der Waals surface area contributed by atoms with Crippen LogP contribution in [0.25, 0.3) is 0 Å². The summed E-state index contributed by atoms with van der Waals surface area (Å²) in [6, 6.07) is 16.3. The van der Waals surface area contributed by atoms with Crippen molar-refractivity contribution in [2.45, 2.75) is 6.92 Å². The van der Waals surface area contributed by atoms with Gasteiger partial charge in [-0.2, -0.15) is 0 Å². The molecule has 0 spiro atoms. The van der Waals surface area contributed by atoms with Crippen molar-refractivity contribution in [2.24, 2.45) is 0 Å². The second-order valence-corrected chi connectivity index (χ2v) is 8.63. The number of halogens is 2. The number of hydrogen-bond donors (Lipinski definition) is 2. The normalized spacial score (nSPS) is 13.2. The van der Waals surface area contributed by atoms with Gasteiger partial charge in [-0.1, -0.05) is 29.3 Å². The number of hydrogen-bond acceptors (Lipinski definition) is 6. The van der Waals surface area contributed by atoms with Crippen molar-refractivity contribution >= 4 is 58.0 Å². The molecule has 3 aromatic rings. The van der Waals surface area contributed by atoms with Gasteiger partial charge >= 0.3 is 0 Å². The predicted octanol–water partition coefficient (Wildman–Crippen LogP) is 5.35. The Bertz CT molecular complexity index is 1400. The Labute approximate surface area is 217 Å². The Morgan fingerprint density at radius 3 is 2.19 bits per heavy atom. The first kappa shape index (κ1) is 25.1. The standard InChI is InChI=1S/C26H21Cl2N3O5/c1-14-4-10-21(36-3)19(12-14)31-25(33)22(28)23(26(31)34)29-17-8-5-15(6-9-17)24(32)30-18-13-16(27)7-11-20(18)35-2/h4-13,29H,1-3H3,(H,30,32). The topological polar surface area (TPSA) is 97.0 Å². The molecule has 0 atom stereocenters. The van der Waals surface area contributed by atoms with E-state index in [9.17, 15) is 14.4 Å². The number of ether oxygens (including phenoxy) is 2. The van der Waals surface area contributed by atoms with Crippen LogP contribution < -0.4 is 25.0 Å². The highest BCUT2D eigenvalue weighted by atomic mass is 35.5. The lowest BCUT2D eigenvalue weighted by Crippen LogP contribution is -2.32. The molecule has 0 aliphatic carbocycles. The highest BCUT2D eigenvalue weighted by molar-refractivity contribution is 6.53. The van der Waals surface area contributed by atoms with Gasteiger partial charge in [0.2, 0.25) is 0 Å². The zero-order chi connectivity index (χ0) is 26.0. The predicted molar refractivity (Wildman–Crippen MR) is 139 cm³/mol. The summed E-state index contributed by atoms with van der Waals surface area (Å²) in [5.41, 5.74) is 2.29. The van der Waals surface area contributed by atoms with Gasteiger partial charge in [-0.05, 0) is 67.1 Å². The Kier molecular flexibility index (Phi) is 7.19. The van der Waals surface area contributed by atoms with Crippen LogP contribution in [-0.4, -0.2) is 31.9 Å². The van der Waals surface area contributed by atoms with Gasteiger partial charge in [0.05, 0.1) is 25.6 Å². The Balaban J connectivity index is 1.52. The third-order valence-electron chi connectivity index (χ3n) is 5.43. The average Bonchev–Trinajstić information content (AvgIpc) is 3.07. The number of anilines is 3. The van der Waals surface area contributed by atoms with E-state index in [1.165, 1.54) is 14.2 Å². The molecule has 1 aliphatic rings. The molecule has 8 nitrogen and oxygen atoms in total. The molecular formula is C26H21Cl2N3O5. The second kappa shape index (κ2) is 10.3. The van der Waals surface area contributed by atoms with E-state index in [0.29, 0.717) is 39.1 Å². The smallest absolute Gasteiger partial charge is 0.283 e. The van der Waals surface area contributed by atoms with Crippen LogP contribution in [0, 0.1) is 6.92 Å². The first-order valence-electron chi connectivity index (χ1n) is 10.7. The summed E-state index contributed by atoms with van der Waals surface area (Å²) in [5, 5.41) is 5.84. The van der Waals surface area contributed by atoms with Crippen molar-refractivity contribution < 1.29 is 23.9 Å². The maximum absolute atomic E-state index is 13.1. The number of benzene rings is 3. The fourth-order valence-electron chi connectivity index (χ4n) is 3.63. The van der Waals surface area contributed by atoms with Crippen LogP contribution in [0.5, 0.6) is 11.5 Å². The van der Waals surface area contributed by atoms with Gasteiger partial charge in [0, 0.05) is 16.3 Å². The van der Waals surface area contributed by atoms with Gasteiger partial charge in [0.25, 0.3) is 17.7 Å². The molecule has 4 rings (SSSR count). The van der Waals surface area contributed by atoms with Gasteiger partial charge in [-0.15, -0.1) is 0 Å². The Hall–Kier alpha value is -4.01. The number of carbonyl (C=O) groups is 3. The lowest BCUT2D eigenvalue weighted by molar-refractivity contribution is -0.120. The van der Waals surface area contributed by atoms with Crippen LogP contribution in [0.2, 0.25) is 5.02 Å². The molecule has 2 N–H and O–H groups in total. The van der Waals surface area contributed by atoms with Crippen LogP contribution in [-0.2, 0) is 9.59 Å². The minimum atomic E-state index is -0.667. The number of aryl methyl sites for hydroxylation is 1. The molecule has 0 unspecified atom stereocenters. The molecule has 0 fully saturated rings. The zero-order valence-corrected chi connectivity index (χ0v) is 21.0. The average molecular weight is 526 g/mol. The fourth-order valence-corrected chi connectivity index (χ4v) is 4.01. The summed E-state index contributed by atoms with van der Waals surface area (Å²) in [6.45, 7) is 1.84. The fraction of sp³-hybridized carbons (Fsp3) is 0.115. The number of rotatable bonds is 7. The molecule has 1 aliphatic heterocycles. The molecule has 3 aromatic carbocycles. The second-order valence-electron chi connectivity index (χ2n) is 7.81. The van der Waals surface area contributed by atoms with Crippen LogP contribution in [0.1, 0.15) is 15.9 Å². The Morgan fingerprint density at radius 1 is 0.861 bits per heavy atom. The van der Waals surface area contributed by atoms with Crippen LogP contribution in [0.3, 0.4) is 0 Å². The van der Waals surface area contributed by atoms with Crippen molar-refractivity contribution in [3.63, 3.8) is 0 Å². The van der Waals surface area contributed by atoms with Gasteiger partial charge in [0.1, 0.15) is 22.2 Å². The molecule has 10 heteroatoms. The molecule has 184 valence electrons. The summed E-state index contributed by atoms with van der Waals surface area (Å²) in [5.74, 6) is -0.848. The molecule has 0 bridgehead atoms. The monoisotopic (exact) mass is 525 g/mol.